The number of nitrogens with two attached hydrogens (primary N) is 1. The summed E-state index contributed by atoms with van der Waals surface area (Å²) >= 11 is 0. The number of ether oxygens (including phenoxy) is 4. The van der Waals surface area contributed by atoms with Crippen molar-refractivity contribution in [1.82, 2.24) is 5.32 Å². The molecule has 1 spiro atoms. The number of amides is 3. The Morgan fingerprint density at radius 2 is 1.83 bits per heavy atom. The average molecular weight is 654 g/mol. The second-order valence-electron chi connectivity index (χ2n) is 12.8. The van der Waals surface area contributed by atoms with Gasteiger partial charge >= 0.3 is 5.97 Å². The van der Waals surface area contributed by atoms with E-state index in [4.69, 9.17) is 24.7 Å². The molecule has 47 heavy (non-hydrogen) atoms. The fourth-order valence-corrected chi connectivity index (χ4v) is 6.02. The molecule has 0 radical (unpaired) electrons. The van der Waals surface area contributed by atoms with E-state index in [0.717, 1.165) is 12.0 Å². The minimum atomic E-state index is -0.860. The number of rotatable bonds is 12. The van der Waals surface area contributed by atoms with Crippen LogP contribution >= 0.6 is 0 Å². The van der Waals surface area contributed by atoms with Crippen LogP contribution in [0.25, 0.3) is 0 Å². The van der Waals surface area contributed by atoms with Crippen molar-refractivity contribution < 1.29 is 43.2 Å². The van der Waals surface area contributed by atoms with E-state index in [-0.39, 0.29) is 42.4 Å². The van der Waals surface area contributed by atoms with Gasteiger partial charge in [0.05, 0.1) is 37.4 Å². The number of carbonyl (C=O) groups is 4. The summed E-state index contributed by atoms with van der Waals surface area (Å²) in [4.78, 5) is 47.5. The van der Waals surface area contributed by atoms with E-state index < -0.39 is 41.9 Å². The first-order chi connectivity index (χ1) is 22.2. The zero-order chi connectivity index (χ0) is 34.3. The number of primary amides is 1. The van der Waals surface area contributed by atoms with Gasteiger partial charge in [0.15, 0.2) is 0 Å². The zero-order valence-electron chi connectivity index (χ0n) is 27.6. The van der Waals surface area contributed by atoms with Crippen molar-refractivity contribution in [1.29, 1.82) is 0 Å². The second kappa shape index (κ2) is 15.8. The standard InChI is InChI=1S/C35H47N3O9/c1-20(6-13-29-21(2)16-28(23(4)46-29)38-31(40)15-8-22(3)45-24(5)39)7-14-30-33(42)35(19-44-35)18-27(47-30)17-32(41)37-26-11-9-25(10-12-26)34(36)43/h6-12,14-15,21-23,27-30,33,42H,13,16-19H2,1-5H3,(H2,36,43)(H,37,41)(H,38,40)/b14-7+,15-8?,20-6+/t21-,22?,23+,27+,28+,29-,30+,33+,35+/m0/s1. The molecule has 3 aliphatic heterocycles. The van der Waals surface area contributed by atoms with Crippen LogP contribution in [0.4, 0.5) is 5.69 Å². The monoisotopic (exact) mass is 653 g/mol. The summed E-state index contributed by atoms with van der Waals surface area (Å²) in [6, 6.07) is 6.17. The highest BCUT2D eigenvalue weighted by Gasteiger charge is 2.58. The molecule has 0 saturated carbocycles. The minimum absolute atomic E-state index is 0.0319. The predicted octanol–water partition coefficient (Wildman–Crippen LogP) is 3.10. The molecule has 3 amide bonds. The van der Waals surface area contributed by atoms with Crippen LogP contribution in [0, 0.1) is 5.92 Å². The number of nitrogens with one attached hydrogen (secondary N) is 2. The predicted molar refractivity (Wildman–Crippen MR) is 174 cm³/mol. The number of aliphatic hydroxyl groups excluding tert-OH is 1. The molecule has 3 heterocycles. The Balaban J connectivity index is 1.27. The van der Waals surface area contributed by atoms with E-state index in [0.29, 0.717) is 30.7 Å². The first-order valence-electron chi connectivity index (χ1n) is 16.1. The highest BCUT2D eigenvalue weighted by atomic mass is 16.6. The topological polar surface area (TPSA) is 179 Å². The Labute approximate surface area is 275 Å². The number of carbonyl (C=O) groups excluding carboxylic acids is 4. The lowest BCUT2D eigenvalue weighted by atomic mass is 9.87. The molecule has 3 fully saturated rings. The van der Waals surface area contributed by atoms with Gasteiger partial charge < -0.3 is 40.4 Å². The van der Waals surface area contributed by atoms with Crippen molar-refractivity contribution in [3.05, 3.63) is 65.8 Å². The Hall–Kier alpha value is -3.84. The van der Waals surface area contributed by atoms with Crippen LogP contribution in [0.2, 0.25) is 0 Å². The van der Waals surface area contributed by atoms with Gasteiger partial charge in [-0.05, 0) is 69.9 Å². The van der Waals surface area contributed by atoms with Crippen molar-refractivity contribution in [2.75, 3.05) is 11.9 Å². The van der Waals surface area contributed by atoms with Gasteiger partial charge in [-0.25, -0.2) is 0 Å². The molecule has 1 unspecified atom stereocenters. The van der Waals surface area contributed by atoms with Crippen LogP contribution < -0.4 is 16.4 Å². The van der Waals surface area contributed by atoms with Gasteiger partial charge in [-0.2, -0.15) is 0 Å². The van der Waals surface area contributed by atoms with Crippen molar-refractivity contribution in [2.24, 2.45) is 11.7 Å². The first-order valence-corrected chi connectivity index (χ1v) is 16.1. The van der Waals surface area contributed by atoms with E-state index in [9.17, 15) is 24.3 Å². The van der Waals surface area contributed by atoms with Crippen molar-refractivity contribution in [2.45, 2.75) is 109 Å². The number of allylic oxidation sites excluding steroid dienone is 2. The quantitative estimate of drug-likeness (QED) is 0.114. The Morgan fingerprint density at radius 3 is 2.47 bits per heavy atom. The largest absolute Gasteiger partial charge is 0.459 e. The lowest BCUT2D eigenvalue weighted by Gasteiger charge is -2.39. The van der Waals surface area contributed by atoms with Gasteiger partial charge in [0, 0.05) is 30.7 Å². The van der Waals surface area contributed by atoms with Crippen LogP contribution in [-0.4, -0.2) is 83.7 Å². The van der Waals surface area contributed by atoms with E-state index in [1.807, 2.05) is 26.0 Å². The summed E-state index contributed by atoms with van der Waals surface area (Å²) in [6.07, 6.45) is 7.94. The Morgan fingerprint density at radius 1 is 1.13 bits per heavy atom. The smallest absolute Gasteiger partial charge is 0.303 e. The third kappa shape index (κ3) is 10.3. The zero-order valence-corrected chi connectivity index (χ0v) is 27.6. The molecule has 0 aromatic heterocycles. The number of anilines is 1. The molecule has 5 N–H and O–H groups in total. The molecule has 0 bridgehead atoms. The highest BCUT2D eigenvalue weighted by Crippen LogP contribution is 2.43. The third-order valence-corrected chi connectivity index (χ3v) is 8.79. The SMILES string of the molecule is CC(=O)OC(C)C=CC(=O)N[C@@H]1C[C@H](C)[C@H](C/C=C(C)/C=C/[C@H]2O[C@H](CC(=O)Nc3ccc(C(N)=O)cc3)C[C@@]3(CO3)[C@@H]2O)O[C@@H]1C. The molecule has 1 aromatic carbocycles. The van der Waals surface area contributed by atoms with E-state index >= 15 is 0 Å². The second-order valence-corrected chi connectivity index (χ2v) is 12.8. The lowest BCUT2D eigenvalue weighted by molar-refractivity contribution is -0.143. The molecule has 1 aromatic rings. The number of epoxide rings is 1. The molecule has 9 atom stereocenters. The number of benzene rings is 1. The summed E-state index contributed by atoms with van der Waals surface area (Å²) in [5.41, 5.74) is 6.42. The van der Waals surface area contributed by atoms with E-state index in [1.54, 1.807) is 37.3 Å². The number of hydrogen-bond donors (Lipinski definition) is 4. The number of aliphatic hydroxyl groups is 1. The molecule has 256 valence electrons. The minimum Gasteiger partial charge on any atom is -0.459 e. The highest BCUT2D eigenvalue weighted by molar-refractivity contribution is 5.95. The fraction of sp³-hybridized carbons (Fsp3) is 0.543. The van der Waals surface area contributed by atoms with Gasteiger partial charge in [-0.3, -0.25) is 19.2 Å². The molecule has 3 aliphatic rings. The van der Waals surface area contributed by atoms with Gasteiger partial charge in [0.25, 0.3) is 0 Å². The van der Waals surface area contributed by atoms with Gasteiger partial charge in [0.1, 0.15) is 23.9 Å². The molecule has 0 aliphatic carbocycles. The third-order valence-electron chi connectivity index (χ3n) is 8.79. The maximum Gasteiger partial charge on any atom is 0.303 e. The summed E-state index contributed by atoms with van der Waals surface area (Å²) in [7, 11) is 0. The molecule has 3 saturated heterocycles. The summed E-state index contributed by atoms with van der Waals surface area (Å²) < 4.78 is 23.1. The number of hydrogen-bond acceptors (Lipinski definition) is 9. The summed E-state index contributed by atoms with van der Waals surface area (Å²) in [5.74, 6) is -1.27. The molecule has 12 heteroatoms. The van der Waals surface area contributed by atoms with Crippen molar-refractivity contribution in [3.8, 4) is 0 Å². The fourth-order valence-electron chi connectivity index (χ4n) is 6.02. The lowest BCUT2D eigenvalue weighted by Crippen LogP contribution is -2.50. The van der Waals surface area contributed by atoms with Crippen molar-refractivity contribution in [3.63, 3.8) is 0 Å². The van der Waals surface area contributed by atoms with Gasteiger partial charge in [-0.1, -0.05) is 30.7 Å². The Bertz CT molecular complexity index is 1380. The van der Waals surface area contributed by atoms with Gasteiger partial charge in [-0.15, -0.1) is 0 Å². The number of esters is 1. The summed E-state index contributed by atoms with van der Waals surface area (Å²) in [5, 5.41) is 16.8. The van der Waals surface area contributed by atoms with Crippen LogP contribution in [0.15, 0.2) is 60.2 Å². The van der Waals surface area contributed by atoms with Crippen LogP contribution in [0.1, 0.15) is 70.7 Å². The maximum absolute atomic E-state index is 12.8. The van der Waals surface area contributed by atoms with E-state index in [1.165, 1.54) is 13.0 Å². The average Bonchev–Trinajstić information content (AvgIpc) is 3.77. The molecular weight excluding hydrogens is 606 g/mol. The van der Waals surface area contributed by atoms with Crippen molar-refractivity contribution >= 4 is 29.4 Å². The molecule has 4 rings (SSSR count). The molecular formula is C35H47N3O9. The first kappa shape index (κ1) is 36.0. The van der Waals surface area contributed by atoms with Gasteiger partial charge in [0.2, 0.25) is 17.7 Å². The molecule has 12 nitrogen and oxygen atoms in total. The summed E-state index contributed by atoms with van der Waals surface area (Å²) in [6.45, 7) is 9.42. The normalized spacial score (nSPS) is 31.4. The van der Waals surface area contributed by atoms with Crippen LogP contribution in [-0.2, 0) is 33.3 Å². The van der Waals surface area contributed by atoms with Crippen LogP contribution in [0.5, 0.6) is 0 Å². The Kier molecular flexibility index (Phi) is 12.1. The van der Waals surface area contributed by atoms with E-state index in [2.05, 4.69) is 23.6 Å². The van der Waals surface area contributed by atoms with Crippen LogP contribution in [0.3, 0.4) is 0 Å². The maximum atomic E-state index is 12.8.